The van der Waals surface area contributed by atoms with E-state index in [9.17, 15) is 4.79 Å². The number of benzene rings is 1. The van der Waals surface area contributed by atoms with Crippen molar-refractivity contribution < 1.29 is 4.79 Å². The molecule has 0 spiro atoms. The fraction of sp³-hybridized carbons (Fsp3) is 0.300. The maximum absolute atomic E-state index is 11.3. The molecular weight excluding hydrogens is 312 g/mol. The van der Waals surface area contributed by atoms with Gasteiger partial charge in [-0.3, -0.25) is 4.79 Å². The van der Waals surface area contributed by atoms with Gasteiger partial charge in [-0.2, -0.15) is 0 Å². The first-order chi connectivity index (χ1) is 6.58. The van der Waals surface area contributed by atoms with E-state index < -0.39 is 0 Å². The van der Waals surface area contributed by atoms with E-state index in [4.69, 9.17) is 11.6 Å². The van der Waals surface area contributed by atoms with Crippen LogP contribution in [0.5, 0.6) is 0 Å². The number of hydrogen-bond donors (Lipinski definition) is 1. The molecule has 0 aliphatic carbocycles. The summed E-state index contributed by atoms with van der Waals surface area (Å²) >= 11 is 7.92. The molecule has 14 heavy (non-hydrogen) atoms. The van der Waals surface area contributed by atoms with Crippen LogP contribution in [-0.2, 0) is 4.79 Å². The second kappa shape index (κ2) is 5.56. The van der Waals surface area contributed by atoms with Crippen molar-refractivity contribution in [2.75, 3.05) is 5.32 Å². The molecule has 1 N–H and O–H groups in total. The molecule has 0 aliphatic heterocycles. The highest BCUT2D eigenvalue weighted by atomic mass is 127. The van der Waals surface area contributed by atoms with Crippen LogP contribution >= 0.6 is 34.2 Å². The van der Waals surface area contributed by atoms with Gasteiger partial charge in [-0.05, 0) is 53.8 Å². The number of nitrogens with one attached hydrogen (secondary N) is 1. The third-order valence-corrected chi connectivity index (χ3v) is 2.47. The van der Waals surface area contributed by atoms with Crippen LogP contribution in [0.4, 0.5) is 5.69 Å². The van der Waals surface area contributed by atoms with Gasteiger partial charge in [0.15, 0.2) is 0 Å². The highest BCUT2D eigenvalue weighted by Crippen LogP contribution is 2.12. The van der Waals surface area contributed by atoms with Gasteiger partial charge in [0.1, 0.15) is 0 Å². The molecule has 0 heterocycles. The zero-order chi connectivity index (χ0) is 10.6. The quantitative estimate of drug-likeness (QED) is 0.671. The number of alkyl halides is 1. The van der Waals surface area contributed by atoms with E-state index in [1.807, 2.05) is 24.3 Å². The second-order valence-electron chi connectivity index (χ2n) is 3.04. The van der Waals surface area contributed by atoms with Crippen molar-refractivity contribution in [1.82, 2.24) is 0 Å². The van der Waals surface area contributed by atoms with Crippen LogP contribution in [0.3, 0.4) is 0 Å². The normalized spacial score (nSPS) is 12.2. The summed E-state index contributed by atoms with van der Waals surface area (Å²) in [6.07, 6.45) is 0.341. The Morgan fingerprint density at radius 2 is 2.07 bits per heavy atom. The smallest absolute Gasteiger partial charge is 0.225 e. The lowest BCUT2D eigenvalue weighted by atomic mass is 10.3. The number of carbonyl (C=O) groups excluding carboxylic acids is 1. The van der Waals surface area contributed by atoms with Crippen LogP contribution < -0.4 is 5.32 Å². The molecule has 4 heteroatoms. The molecule has 0 fully saturated rings. The number of hydrogen-bond acceptors (Lipinski definition) is 1. The summed E-state index contributed by atoms with van der Waals surface area (Å²) in [6.45, 7) is 1.80. The molecule has 0 bridgehead atoms. The maximum Gasteiger partial charge on any atom is 0.225 e. The molecule has 0 saturated carbocycles. The highest BCUT2D eigenvalue weighted by molar-refractivity contribution is 14.1. The lowest BCUT2D eigenvalue weighted by molar-refractivity contribution is -0.116. The number of halogens is 2. The van der Waals surface area contributed by atoms with E-state index in [0.717, 1.165) is 9.26 Å². The predicted molar refractivity (Wildman–Crippen MR) is 67.7 cm³/mol. The van der Waals surface area contributed by atoms with E-state index in [2.05, 4.69) is 27.9 Å². The Balaban J connectivity index is 2.52. The van der Waals surface area contributed by atoms with Crippen molar-refractivity contribution in [2.24, 2.45) is 0 Å². The Kier molecular flexibility index (Phi) is 4.68. The Hall–Kier alpha value is -0.290. The Morgan fingerprint density at radius 3 is 2.57 bits per heavy atom. The summed E-state index contributed by atoms with van der Waals surface area (Å²) in [4.78, 5) is 11.3. The van der Waals surface area contributed by atoms with Gasteiger partial charge in [0.25, 0.3) is 0 Å². The minimum Gasteiger partial charge on any atom is -0.326 e. The van der Waals surface area contributed by atoms with Crippen LogP contribution in [0.1, 0.15) is 13.3 Å². The summed E-state index contributed by atoms with van der Waals surface area (Å²) in [5.74, 6) is -0.0475. The second-order valence-corrected chi connectivity index (χ2v) is 5.03. The first-order valence-electron chi connectivity index (χ1n) is 4.27. The van der Waals surface area contributed by atoms with Crippen LogP contribution in [0.2, 0.25) is 0 Å². The first-order valence-corrected chi connectivity index (χ1v) is 5.79. The maximum atomic E-state index is 11.3. The fourth-order valence-electron chi connectivity index (χ4n) is 1.00. The summed E-state index contributed by atoms with van der Waals surface area (Å²) in [5, 5.41) is 2.65. The first kappa shape index (κ1) is 11.8. The van der Waals surface area contributed by atoms with Crippen molar-refractivity contribution in [3.05, 3.63) is 27.8 Å². The van der Waals surface area contributed by atoms with Gasteiger partial charge in [-0.1, -0.05) is 0 Å². The van der Waals surface area contributed by atoms with Gasteiger partial charge in [-0.15, -0.1) is 11.6 Å². The summed E-state index contributed by atoms with van der Waals surface area (Å²) < 4.78 is 1.14. The van der Waals surface area contributed by atoms with Gasteiger partial charge in [0.05, 0.1) is 0 Å². The zero-order valence-electron chi connectivity index (χ0n) is 7.76. The largest absolute Gasteiger partial charge is 0.326 e. The van der Waals surface area contributed by atoms with Crippen molar-refractivity contribution >= 4 is 45.8 Å². The number of anilines is 1. The van der Waals surface area contributed by atoms with Gasteiger partial charge in [-0.25, -0.2) is 0 Å². The van der Waals surface area contributed by atoms with E-state index in [1.54, 1.807) is 6.92 Å². The van der Waals surface area contributed by atoms with Gasteiger partial charge >= 0.3 is 0 Å². The lowest BCUT2D eigenvalue weighted by Gasteiger charge is -2.05. The van der Waals surface area contributed by atoms with E-state index in [1.165, 1.54) is 0 Å². The van der Waals surface area contributed by atoms with Crippen LogP contribution in [0.25, 0.3) is 0 Å². The van der Waals surface area contributed by atoms with Gasteiger partial charge in [0.2, 0.25) is 5.91 Å². The van der Waals surface area contributed by atoms with Crippen molar-refractivity contribution in [3.8, 4) is 0 Å². The Morgan fingerprint density at radius 1 is 1.50 bits per heavy atom. The average molecular weight is 324 g/mol. The summed E-state index contributed by atoms with van der Waals surface area (Å²) in [6, 6.07) is 7.64. The average Bonchev–Trinajstić information content (AvgIpc) is 2.07. The minimum absolute atomic E-state index is 0.0475. The molecule has 0 aromatic heterocycles. The molecule has 1 atom stereocenters. The number of rotatable bonds is 3. The van der Waals surface area contributed by atoms with Gasteiger partial charge < -0.3 is 5.32 Å². The lowest BCUT2D eigenvalue weighted by Crippen LogP contribution is -2.14. The van der Waals surface area contributed by atoms with Gasteiger partial charge in [0, 0.05) is 21.1 Å². The predicted octanol–water partition coefficient (Wildman–Crippen LogP) is 3.25. The number of amides is 1. The Labute approximate surface area is 102 Å². The molecular formula is C10H11ClINO. The van der Waals surface area contributed by atoms with E-state index in [-0.39, 0.29) is 11.3 Å². The minimum atomic E-state index is -0.126. The summed E-state index contributed by atoms with van der Waals surface area (Å²) in [5.41, 5.74) is 0.813. The third kappa shape index (κ3) is 4.28. The molecule has 1 aromatic rings. The molecule has 0 aliphatic rings. The SMILES string of the molecule is CC(Cl)CC(=O)Nc1ccc(I)cc1. The monoisotopic (exact) mass is 323 g/mol. The van der Waals surface area contributed by atoms with E-state index >= 15 is 0 Å². The Bertz CT molecular complexity index is 310. The van der Waals surface area contributed by atoms with Crippen molar-refractivity contribution in [3.63, 3.8) is 0 Å². The fourth-order valence-corrected chi connectivity index (χ4v) is 1.50. The highest BCUT2D eigenvalue weighted by Gasteiger charge is 2.05. The van der Waals surface area contributed by atoms with Crippen LogP contribution in [-0.4, -0.2) is 11.3 Å². The molecule has 1 unspecified atom stereocenters. The van der Waals surface area contributed by atoms with E-state index in [0.29, 0.717) is 6.42 Å². The molecule has 1 rings (SSSR count). The molecule has 1 amide bonds. The molecule has 0 saturated heterocycles. The topological polar surface area (TPSA) is 29.1 Å². The number of carbonyl (C=O) groups is 1. The van der Waals surface area contributed by atoms with Crippen molar-refractivity contribution in [1.29, 1.82) is 0 Å². The third-order valence-electron chi connectivity index (χ3n) is 1.59. The van der Waals surface area contributed by atoms with Crippen LogP contribution in [0, 0.1) is 3.57 Å². The molecule has 0 radical (unpaired) electrons. The molecule has 1 aromatic carbocycles. The standard InChI is InChI=1S/C10H11ClINO/c1-7(11)6-10(14)13-9-4-2-8(12)3-5-9/h2-5,7H,6H2,1H3,(H,13,14). The van der Waals surface area contributed by atoms with Crippen LogP contribution in [0.15, 0.2) is 24.3 Å². The van der Waals surface area contributed by atoms with Crippen molar-refractivity contribution in [2.45, 2.75) is 18.7 Å². The molecule has 2 nitrogen and oxygen atoms in total. The zero-order valence-corrected chi connectivity index (χ0v) is 10.7. The summed E-state index contributed by atoms with van der Waals surface area (Å²) in [7, 11) is 0. The molecule has 76 valence electrons.